The van der Waals surface area contributed by atoms with Gasteiger partial charge in [-0.15, -0.1) is 0 Å². The van der Waals surface area contributed by atoms with Crippen LogP contribution in [0.3, 0.4) is 0 Å². The highest BCUT2D eigenvalue weighted by Gasteiger charge is 2.30. The Balaban J connectivity index is 1.61. The molecule has 0 atom stereocenters. The van der Waals surface area contributed by atoms with Crippen molar-refractivity contribution < 1.29 is 18.0 Å². The summed E-state index contributed by atoms with van der Waals surface area (Å²) in [5.41, 5.74) is 2.10. The summed E-state index contributed by atoms with van der Waals surface area (Å²) in [6, 6.07) is 21.5. The van der Waals surface area contributed by atoms with Gasteiger partial charge in [0.25, 0.3) is 5.91 Å². The van der Waals surface area contributed by atoms with Crippen LogP contribution in [-0.2, 0) is 12.7 Å². The largest absolute Gasteiger partial charge is 0.416 e. The molecule has 4 rings (SSSR count). The number of nitrogens with zero attached hydrogens (tertiary/aromatic N) is 2. The van der Waals surface area contributed by atoms with Crippen molar-refractivity contribution in [1.29, 1.82) is 0 Å². The first-order valence-corrected chi connectivity index (χ1v) is 8.91. The summed E-state index contributed by atoms with van der Waals surface area (Å²) in [5, 5.41) is 2.74. The minimum Gasteiger partial charge on any atom is -0.345 e. The van der Waals surface area contributed by atoms with Gasteiger partial charge < -0.3 is 5.32 Å². The second-order valence-electron chi connectivity index (χ2n) is 6.47. The number of nitrogens with one attached hydrogen (secondary N) is 1. The number of carbonyl (C=O) groups is 1. The number of hydrogen-bond donors (Lipinski definition) is 1. The van der Waals surface area contributed by atoms with Gasteiger partial charge in [0, 0.05) is 12.2 Å². The predicted molar refractivity (Wildman–Crippen MR) is 104 cm³/mol. The Morgan fingerprint density at radius 3 is 2.24 bits per heavy atom. The third-order valence-electron chi connectivity index (χ3n) is 4.51. The molecule has 0 spiro atoms. The summed E-state index contributed by atoms with van der Waals surface area (Å²) in [7, 11) is 0. The molecule has 1 amide bonds. The van der Waals surface area contributed by atoms with Crippen molar-refractivity contribution in [2.24, 2.45) is 0 Å². The minimum absolute atomic E-state index is 0.0922. The van der Waals surface area contributed by atoms with Crippen LogP contribution in [0.5, 0.6) is 0 Å². The molecule has 0 aliphatic rings. The van der Waals surface area contributed by atoms with Crippen LogP contribution in [0.4, 0.5) is 13.2 Å². The number of aromatic nitrogens is 2. The van der Waals surface area contributed by atoms with Crippen LogP contribution in [0.25, 0.3) is 16.7 Å². The van der Waals surface area contributed by atoms with Gasteiger partial charge in [-0.25, -0.2) is 4.98 Å². The molecule has 4 nitrogen and oxygen atoms in total. The summed E-state index contributed by atoms with van der Waals surface area (Å²) in [6.07, 6.45) is -4.39. The quantitative estimate of drug-likeness (QED) is 0.530. The molecule has 0 radical (unpaired) electrons. The molecular formula is C22H16F3N3O. The molecule has 0 aliphatic heterocycles. The fourth-order valence-electron chi connectivity index (χ4n) is 3.09. The zero-order valence-electron chi connectivity index (χ0n) is 15.1. The van der Waals surface area contributed by atoms with E-state index in [0.29, 0.717) is 11.1 Å². The normalized spacial score (nSPS) is 11.6. The fraction of sp³-hybridized carbons (Fsp3) is 0.0909. The summed E-state index contributed by atoms with van der Waals surface area (Å²) >= 11 is 0. The standard InChI is InChI=1S/C22H16F3N3O/c23-22(24,25)16-12-10-15(11-13-16)14-26-21(29)20-27-18-8-4-5-9-19(18)28(20)17-6-2-1-3-7-17/h1-13H,14H2,(H,26,29). The molecule has 4 aromatic rings. The number of para-hydroxylation sites is 3. The Morgan fingerprint density at radius 2 is 1.55 bits per heavy atom. The van der Waals surface area contributed by atoms with Crippen molar-refractivity contribution in [3.05, 3.63) is 95.8 Å². The average molecular weight is 395 g/mol. The molecule has 146 valence electrons. The molecule has 7 heteroatoms. The first-order chi connectivity index (χ1) is 13.9. The summed E-state index contributed by atoms with van der Waals surface area (Å²) < 4.78 is 39.8. The number of halogens is 3. The lowest BCUT2D eigenvalue weighted by molar-refractivity contribution is -0.137. The van der Waals surface area contributed by atoms with E-state index in [9.17, 15) is 18.0 Å². The minimum atomic E-state index is -4.39. The van der Waals surface area contributed by atoms with Gasteiger partial charge >= 0.3 is 6.18 Å². The first kappa shape index (κ1) is 18.7. The maximum Gasteiger partial charge on any atom is 0.416 e. The second-order valence-corrected chi connectivity index (χ2v) is 6.47. The zero-order chi connectivity index (χ0) is 20.4. The Kier molecular flexibility index (Phi) is 4.80. The van der Waals surface area contributed by atoms with Crippen molar-refractivity contribution in [2.75, 3.05) is 0 Å². The number of amides is 1. The van der Waals surface area contributed by atoms with E-state index >= 15 is 0 Å². The molecule has 1 N–H and O–H groups in total. The Morgan fingerprint density at radius 1 is 0.897 bits per heavy atom. The van der Waals surface area contributed by atoms with Crippen LogP contribution >= 0.6 is 0 Å². The SMILES string of the molecule is O=C(NCc1ccc(C(F)(F)F)cc1)c1nc2ccccc2n1-c1ccccc1. The molecule has 1 aromatic heterocycles. The van der Waals surface area contributed by atoms with E-state index in [4.69, 9.17) is 0 Å². The number of benzene rings is 3. The number of alkyl halides is 3. The monoisotopic (exact) mass is 395 g/mol. The van der Waals surface area contributed by atoms with Crippen LogP contribution in [-0.4, -0.2) is 15.5 Å². The van der Waals surface area contributed by atoms with Crippen molar-refractivity contribution >= 4 is 16.9 Å². The van der Waals surface area contributed by atoms with Crippen LogP contribution in [0.2, 0.25) is 0 Å². The van der Waals surface area contributed by atoms with Crippen molar-refractivity contribution in [3.8, 4) is 5.69 Å². The highest BCUT2D eigenvalue weighted by Crippen LogP contribution is 2.29. The van der Waals surface area contributed by atoms with Gasteiger partial charge in [-0.1, -0.05) is 42.5 Å². The molecule has 0 saturated heterocycles. The third-order valence-corrected chi connectivity index (χ3v) is 4.51. The van der Waals surface area contributed by atoms with Crippen LogP contribution < -0.4 is 5.32 Å². The molecule has 0 saturated carbocycles. The lowest BCUT2D eigenvalue weighted by Crippen LogP contribution is -2.26. The molecule has 0 bridgehead atoms. The van der Waals surface area contributed by atoms with Crippen molar-refractivity contribution in [3.63, 3.8) is 0 Å². The van der Waals surface area contributed by atoms with Gasteiger partial charge in [-0.3, -0.25) is 9.36 Å². The fourth-order valence-corrected chi connectivity index (χ4v) is 3.09. The van der Waals surface area contributed by atoms with E-state index < -0.39 is 17.6 Å². The maximum atomic E-state index is 12.8. The van der Waals surface area contributed by atoms with Crippen LogP contribution in [0.15, 0.2) is 78.9 Å². The van der Waals surface area contributed by atoms with Crippen LogP contribution in [0, 0.1) is 0 Å². The molecule has 29 heavy (non-hydrogen) atoms. The van der Waals surface area contributed by atoms with E-state index in [1.165, 1.54) is 12.1 Å². The molecule has 1 heterocycles. The number of fused-ring (bicyclic) bond motifs is 1. The van der Waals surface area contributed by atoms with E-state index in [2.05, 4.69) is 10.3 Å². The number of carbonyl (C=O) groups excluding carboxylic acids is 1. The molecular weight excluding hydrogens is 379 g/mol. The number of hydrogen-bond acceptors (Lipinski definition) is 2. The van der Waals surface area contributed by atoms with E-state index in [-0.39, 0.29) is 12.4 Å². The number of rotatable bonds is 4. The van der Waals surface area contributed by atoms with Crippen LogP contribution in [0.1, 0.15) is 21.7 Å². The zero-order valence-corrected chi connectivity index (χ0v) is 15.1. The van der Waals surface area contributed by atoms with Crippen molar-refractivity contribution in [2.45, 2.75) is 12.7 Å². The van der Waals surface area contributed by atoms with Gasteiger partial charge in [0.1, 0.15) is 0 Å². The van der Waals surface area contributed by atoms with E-state index in [1.807, 2.05) is 54.6 Å². The predicted octanol–water partition coefficient (Wildman–Crippen LogP) is 4.97. The third kappa shape index (κ3) is 3.85. The maximum absolute atomic E-state index is 12.8. The highest BCUT2D eigenvalue weighted by molar-refractivity contribution is 5.96. The molecule has 0 unspecified atom stereocenters. The highest BCUT2D eigenvalue weighted by atomic mass is 19.4. The number of imidazole rings is 1. The molecule has 0 fully saturated rings. The van der Waals surface area contributed by atoms with Crippen molar-refractivity contribution in [1.82, 2.24) is 14.9 Å². The summed E-state index contributed by atoms with van der Waals surface area (Å²) in [5.74, 6) is -0.200. The van der Waals surface area contributed by atoms with Gasteiger partial charge in [0.2, 0.25) is 5.82 Å². The first-order valence-electron chi connectivity index (χ1n) is 8.91. The van der Waals surface area contributed by atoms with Gasteiger partial charge in [0.05, 0.1) is 16.6 Å². The Labute approximate surface area is 164 Å². The van der Waals surface area contributed by atoms with Gasteiger partial charge in [0.15, 0.2) is 0 Å². The summed E-state index contributed by atoms with van der Waals surface area (Å²) in [4.78, 5) is 17.3. The van der Waals surface area contributed by atoms with E-state index in [1.54, 1.807) is 4.57 Å². The topological polar surface area (TPSA) is 46.9 Å². The Bertz CT molecular complexity index is 1150. The van der Waals surface area contributed by atoms with Gasteiger partial charge in [-0.2, -0.15) is 13.2 Å². The summed E-state index contributed by atoms with van der Waals surface area (Å²) in [6.45, 7) is 0.0922. The van der Waals surface area contributed by atoms with Gasteiger partial charge in [-0.05, 0) is 42.0 Å². The smallest absolute Gasteiger partial charge is 0.345 e. The average Bonchev–Trinajstić information content (AvgIpc) is 3.12. The Hall–Kier alpha value is -3.61. The lowest BCUT2D eigenvalue weighted by Gasteiger charge is -2.10. The van der Waals surface area contributed by atoms with E-state index in [0.717, 1.165) is 23.3 Å². The lowest BCUT2D eigenvalue weighted by atomic mass is 10.1. The second kappa shape index (κ2) is 7.43. The molecule has 3 aromatic carbocycles. The molecule has 0 aliphatic carbocycles.